The second kappa shape index (κ2) is 10.4. The number of carbonyl (C=O) groups excluding carboxylic acids is 1. The van der Waals surface area contributed by atoms with Gasteiger partial charge in [0.25, 0.3) is 5.91 Å². The van der Waals surface area contributed by atoms with E-state index >= 15 is 0 Å². The van der Waals surface area contributed by atoms with Crippen molar-refractivity contribution in [1.29, 1.82) is 0 Å². The van der Waals surface area contributed by atoms with Gasteiger partial charge in [-0.1, -0.05) is 37.5 Å². The molecule has 3 aliphatic rings. The molecule has 2 aromatic rings. The Morgan fingerprint density at radius 3 is 2.59 bits per heavy atom. The van der Waals surface area contributed by atoms with Gasteiger partial charge in [-0.2, -0.15) is 0 Å². The quantitative estimate of drug-likeness (QED) is 0.610. The minimum absolute atomic E-state index is 0.0659. The minimum atomic E-state index is 0.0659. The van der Waals surface area contributed by atoms with Crippen molar-refractivity contribution < 1.29 is 9.21 Å². The second-order valence-corrected chi connectivity index (χ2v) is 10.2. The molecular formula is C27H39N3O2. The fraction of sp³-hybridized carbons (Fsp3) is 0.667. The van der Waals surface area contributed by atoms with Crippen molar-refractivity contribution in [2.75, 3.05) is 45.8 Å². The number of nitrogens with zero attached hydrogens (tertiary/aromatic N) is 3. The number of para-hydroxylation sites is 1. The lowest BCUT2D eigenvalue weighted by molar-refractivity contribution is 0.0584. The van der Waals surface area contributed by atoms with Crippen LogP contribution in [0.2, 0.25) is 0 Å². The molecule has 0 N–H and O–H groups in total. The van der Waals surface area contributed by atoms with E-state index in [0.717, 1.165) is 43.2 Å². The maximum absolute atomic E-state index is 13.6. The molecule has 3 heterocycles. The van der Waals surface area contributed by atoms with E-state index < -0.39 is 0 Å². The highest BCUT2D eigenvalue weighted by atomic mass is 16.3. The lowest BCUT2D eigenvalue weighted by Gasteiger charge is -2.39. The van der Waals surface area contributed by atoms with Crippen LogP contribution in [-0.2, 0) is 0 Å². The van der Waals surface area contributed by atoms with Gasteiger partial charge in [0.2, 0.25) is 0 Å². The van der Waals surface area contributed by atoms with E-state index in [1.165, 1.54) is 77.4 Å². The van der Waals surface area contributed by atoms with E-state index in [4.69, 9.17) is 4.42 Å². The lowest BCUT2D eigenvalue weighted by Crippen LogP contribution is -2.47. The molecule has 0 spiro atoms. The first-order valence-electron chi connectivity index (χ1n) is 13.0. The van der Waals surface area contributed by atoms with Crippen LogP contribution in [0.3, 0.4) is 0 Å². The standard InChI is InChI=1S/C27H39N3O2/c31-27(26-19-23-10-2-5-13-25(23)32-26)30(18-17-28-14-6-1-7-15-28)21-22-9-8-16-29(20-22)24-11-3-4-12-24/h2,5,10,13,19,22,24H,1,3-4,6-9,11-12,14-18,20-21H2. The van der Waals surface area contributed by atoms with E-state index in [1.54, 1.807) is 0 Å². The van der Waals surface area contributed by atoms with Gasteiger partial charge in [-0.05, 0) is 76.2 Å². The van der Waals surface area contributed by atoms with Crippen molar-refractivity contribution in [3.05, 3.63) is 36.1 Å². The SMILES string of the molecule is O=C(c1cc2ccccc2o1)N(CCN1CCCCC1)CC1CCCN(C2CCCC2)C1. The average Bonchev–Trinajstić information content (AvgIpc) is 3.52. The molecule has 5 rings (SSSR count). The van der Waals surface area contributed by atoms with Crippen molar-refractivity contribution >= 4 is 16.9 Å². The highest BCUT2D eigenvalue weighted by Gasteiger charge is 2.30. The molecule has 1 aromatic heterocycles. The third-order valence-corrected chi connectivity index (χ3v) is 7.93. The van der Waals surface area contributed by atoms with Gasteiger partial charge < -0.3 is 19.1 Å². The molecule has 174 valence electrons. The van der Waals surface area contributed by atoms with Gasteiger partial charge in [-0.3, -0.25) is 4.79 Å². The molecule has 1 aliphatic carbocycles. The highest BCUT2D eigenvalue weighted by molar-refractivity contribution is 5.96. The number of benzene rings is 1. The number of fused-ring (bicyclic) bond motifs is 1. The monoisotopic (exact) mass is 437 g/mol. The summed E-state index contributed by atoms with van der Waals surface area (Å²) >= 11 is 0. The third kappa shape index (κ3) is 5.20. The Hall–Kier alpha value is -1.85. The van der Waals surface area contributed by atoms with E-state index in [1.807, 2.05) is 30.3 Å². The van der Waals surface area contributed by atoms with Crippen LogP contribution in [0.5, 0.6) is 0 Å². The van der Waals surface area contributed by atoms with E-state index in [0.29, 0.717) is 11.7 Å². The zero-order chi connectivity index (χ0) is 21.8. The van der Waals surface area contributed by atoms with Crippen molar-refractivity contribution in [2.45, 2.75) is 63.8 Å². The average molecular weight is 438 g/mol. The van der Waals surface area contributed by atoms with Crippen molar-refractivity contribution in [2.24, 2.45) is 5.92 Å². The molecule has 1 aromatic carbocycles. The van der Waals surface area contributed by atoms with Crippen LogP contribution in [0, 0.1) is 5.92 Å². The zero-order valence-electron chi connectivity index (χ0n) is 19.5. The minimum Gasteiger partial charge on any atom is -0.451 e. The summed E-state index contributed by atoms with van der Waals surface area (Å²) in [6.07, 6.45) is 11.9. The third-order valence-electron chi connectivity index (χ3n) is 7.93. The van der Waals surface area contributed by atoms with Crippen molar-refractivity contribution in [3.63, 3.8) is 0 Å². The largest absolute Gasteiger partial charge is 0.451 e. The summed E-state index contributed by atoms with van der Waals surface area (Å²) in [4.78, 5) is 21.0. The molecule has 5 nitrogen and oxygen atoms in total. The molecule has 0 bridgehead atoms. The van der Waals surface area contributed by atoms with Crippen LogP contribution >= 0.6 is 0 Å². The normalized spacial score (nSPS) is 23.7. The number of hydrogen-bond acceptors (Lipinski definition) is 4. The highest BCUT2D eigenvalue weighted by Crippen LogP contribution is 2.29. The van der Waals surface area contributed by atoms with Crippen LogP contribution in [0.15, 0.2) is 34.7 Å². The van der Waals surface area contributed by atoms with Gasteiger partial charge >= 0.3 is 0 Å². The Kier molecular flexibility index (Phi) is 7.13. The summed E-state index contributed by atoms with van der Waals surface area (Å²) in [6.45, 7) is 7.37. The van der Waals surface area contributed by atoms with Crippen LogP contribution < -0.4 is 0 Å². The Morgan fingerprint density at radius 2 is 1.78 bits per heavy atom. The number of hydrogen-bond donors (Lipinski definition) is 0. The summed E-state index contributed by atoms with van der Waals surface area (Å²) in [6, 6.07) is 10.6. The molecule has 0 radical (unpaired) electrons. The molecule has 3 fully saturated rings. The number of amides is 1. The van der Waals surface area contributed by atoms with Crippen LogP contribution in [0.4, 0.5) is 0 Å². The van der Waals surface area contributed by atoms with E-state index in [2.05, 4.69) is 14.7 Å². The number of rotatable bonds is 7. The summed E-state index contributed by atoms with van der Waals surface area (Å²) in [5, 5.41) is 1.01. The maximum Gasteiger partial charge on any atom is 0.289 e. The molecule has 2 aliphatic heterocycles. The molecule has 2 saturated heterocycles. The second-order valence-electron chi connectivity index (χ2n) is 10.2. The van der Waals surface area contributed by atoms with Crippen LogP contribution in [0.1, 0.15) is 68.3 Å². The fourth-order valence-corrected chi connectivity index (χ4v) is 6.12. The smallest absolute Gasteiger partial charge is 0.289 e. The van der Waals surface area contributed by atoms with Gasteiger partial charge in [-0.15, -0.1) is 0 Å². The fourth-order valence-electron chi connectivity index (χ4n) is 6.12. The zero-order valence-corrected chi connectivity index (χ0v) is 19.5. The van der Waals surface area contributed by atoms with E-state index in [9.17, 15) is 4.79 Å². The van der Waals surface area contributed by atoms with E-state index in [-0.39, 0.29) is 5.91 Å². The first-order valence-corrected chi connectivity index (χ1v) is 13.0. The topological polar surface area (TPSA) is 39.9 Å². The maximum atomic E-state index is 13.6. The van der Waals surface area contributed by atoms with Crippen molar-refractivity contribution in [3.8, 4) is 0 Å². The summed E-state index contributed by atoms with van der Waals surface area (Å²) in [5.74, 6) is 1.13. The number of likely N-dealkylation sites (tertiary alicyclic amines) is 2. The molecule has 1 unspecified atom stereocenters. The number of piperidine rings is 2. The molecule has 5 heteroatoms. The lowest BCUT2D eigenvalue weighted by atomic mass is 9.95. The predicted octanol–water partition coefficient (Wildman–Crippen LogP) is 5.02. The van der Waals surface area contributed by atoms with Gasteiger partial charge in [0.1, 0.15) is 5.58 Å². The predicted molar refractivity (Wildman–Crippen MR) is 129 cm³/mol. The number of carbonyl (C=O) groups is 1. The van der Waals surface area contributed by atoms with Gasteiger partial charge in [0, 0.05) is 37.6 Å². The van der Waals surface area contributed by atoms with Gasteiger partial charge in [0.05, 0.1) is 0 Å². The first kappa shape index (κ1) is 22.0. The van der Waals surface area contributed by atoms with Crippen LogP contribution in [-0.4, -0.2) is 72.5 Å². The Balaban J connectivity index is 1.28. The Labute approximate surface area is 192 Å². The van der Waals surface area contributed by atoms with Gasteiger partial charge in [-0.25, -0.2) is 0 Å². The molecule has 1 atom stereocenters. The van der Waals surface area contributed by atoms with Gasteiger partial charge in [0.15, 0.2) is 5.76 Å². The molecule has 32 heavy (non-hydrogen) atoms. The summed E-state index contributed by atoms with van der Waals surface area (Å²) < 4.78 is 5.98. The molecular weight excluding hydrogens is 398 g/mol. The van der Waals surface area contributed by atoms with Crippen LogP contribution in [0.25, 0.3) is 11.0 Å². The summed E-state index contributed by atoms with van der Waals surface area (Å²) in [5.41, 5.74) is 0.803. The first-order chi connectivity index (χ1) is 15.8. The van der Waals surface area contributed by atoms with Crippen molar-refractivity contribution in [1.82, 2.24) is 14.7 Å². The molecule has 1 saturated carbocycles. The number of furan rings is 1. The Morgan fingerprint density at radius 1 is 0.969 bits per heavy atom. The molecule has 1 amide bonds. The Bertz CT molecular complexity index is 849. The summed E-state index contributed by atoms with van der Waals surface area (Å²) in [7, 11) is 0.